The van der Waals surface area contributed by atoms with Gasteiger partial charge in [0.2, 0.25) is 0 Å². The Morgan fingerprint density at radius 3 is 2.68 bits per heavy atom. The number of aromatic nitrogens is 5. The van der Waals surface area contributed by atoms with E-state index in [0.717, 1.165) is 58.4 Å². The molecule has 0 aliphatic carbocycles. The molecule has 7 nitrogen and oxygen atoms in total. The molecule has 5 rings (SSSR count). The van der Waals surface area contributed by atoms with E-state index < -0.39 is 0 Å². The van der Waals surface area contributed by atoms with Crippen molar-refractivity contribution in [2.24, 2.45) is 5.92 Å². The first-order valence-electron chi connectivity index (χ1n) is 12.0. The fraction of sp³-hybridized carbons (Fsp3) is 0.462. The number of nitrogens with zero attached hydrogens (tertiary/aromatic N) is 6. The maximum atomic E-state index is 5.92. The molecule has 5 heterocycles. The Balaban J connectivity index is 1.59. The molecule has 0 bridgehead atoms. The van der Waals surface area contributed by atoms with Gasteiger partial charge in [0.15, 0.2) is 5.82 Å². The van der Waals surface area contributed by atoms with Gasteiger partial charge in [-0.3, -0.25) is 9.67 Å². The highest BCUT2D eigenvalue weighted by molar-refractivity contribution is 7.22. The number of ether oxygens (including phenoxy) is 1. The zero-order valence-corrected chi connectivity index (χ0v) is 21.3. The van der Waals surface area contributed by atoms with E-state index in [-0.39, 0.29) is 6.10 Å². The molecule has 0 radical (unpaired) electrons. The minimum atomic E-state index is 0.253. The van der Waals surface area contributed by atoms with Gasteiger partial charge in [0.05, 0.1) is 23.0 Å². The number of thiophene rings is 1. The van der Waals surface area contributed by atoms with E-state index in [1.54, 1.807) is 17.5 Å². The van der Waals surface area contributed by atoms with Gasteiger partial charge in [0.1, 0.15) is 22.0 Å². The summed E-state index contributed by atoms with van der Waals surface area (Å²) in [6.45, 7) is 13.3. The molecule has 8 heteroatoms. The van der Waals surface area contributed by atoms with Crippen LogP contribution in [0.1, 0.15) is 45.7 Å². The first-order chi connectivity index (χ1) is 16.4. The van der Waals surface area contributed by atoms with E-state index in [0.29, 0.717) is 17.8 Å². The lowest BCUT2D eigenvalue weighted by molar-refractivity contribution is 0.0560. The average Bonchev–Trinajstić information content (AvgIpc) is 3.57. The molecule has 1 unspecified atom stereocenters. The molecular weight excluding hydrogens is 444 g/mol. The highest BCUT2D eigenvalue weighted by Crippen LogP contribution is 2.42. The van der Waals surface area contributed by atoms with Crippen LogP contribution in [0.4, 0.5) is 5.82 Å². The normalized spacial score (nSPS) is 16.4. The number of hydrogen-bond donors (Lipinski definition) is 0. The Labute approximate surface area is 204 Å². The summed E-state index contributed by atoms with van der Waals surface area (Å²) in [6, 6.07) is 8.29. The lowest BCUT2D eigenvalue weighted by Crippen LogP contribution is -2.23. The maximum Gasteiger partial charge on any atom is 0.181 e. The summed E-state index contributed by atoms with van der Waals surface area (Å²) in [4.78, 5) is 19.1. The first-order valence-corrected chi connectivity index (χ1v) is 12.9. The molecule has 1 aliphatic rings. The second-order valence-corrected chi connectivity index (χ2v) is 10.6. The summed E-state index contributed by atoms with van der Waals surface area (Å²) in [5, 5.41) is 5.96. The van der Waals surface area contributed by atoms with Gasteiger partial charge in [0, 0.05) is 37.4 Å². The van der Waals surface area contributed by atoms with Crippen LogP contribution in [0.2, 0.25) is 0 Å². The zero-order chi connectivity index (χ0) is 23.8. The summed E-state index contributed by atoms with van der Waals surface area (Å²) in [7, 11) is 0. The second-order valence-electron chi connectivity index (χ2n) is 9.58. The molecule has 1 atom stereocenters. The molecule has 0 amide bonds. The topological polar surface area (TPSA) is 69.0 Å². The summed E-state index contributed by atoms with van der Waals surface area (Å²) in [5.74, 6) is 2.18. The Kier molecular flexibility index (Phi) is 6.36. The second kappa shape index (κ2) is 9.43. The molecule has 0 spiro atoms. The minimum Gasteiger partial charge on any atom is -0.378 e. The van der Waals surface area contributed by atoms with Gasteiger partial charge < -0.3 is 9.64 Å². The van der Waals surface area contributed by atoms with E-state index in [1.807, 2.05) is 22.9 Å². The van der Waals surface area contributed by atoms with Crippen molar-refractivity contribution in [3.63, 3.8) is 0 Å². The van der Waals surface area contributed by atoms with Crippen LogP contribution in [-0.2, 0) is 4.74 Å². The van der Waals surface area contributed by atoms with Gasteiger partial charge in [-0.05, 0) is 64.8 Å². The number of fused-ring (bicyclic) bond motifs is 1. The van der Waals surface area contributed by atoms with Crippen molar-refractivity contribution in [1.82, 2.24) is 24.7 Å². The lowest BCUT2D eigenvalue weighted by Gasteiger charge is -2.20. The van der Waals surface area contributed by atoms with Crippen LogP contribution in [0.5, 0.6) is 0 Å². The molecule has 34 heavy (non-hydrogen) atoms. The summed E-state index contributed by atoms with van der Waals surface area (Å²) >= 11 is 1.69. The summed E-state index contributed by atoms with van der Waals surface area (Å²) in [5.41, 5.74) is 2.98. The number of aryl methyl sites for hydroxylation is 1. The monoisotopic (exact) mass is 476 g/mol. The minimum absolute atomic E-state index is 0.253. The Morgan fingerprint density at radius 2 is 1.97 bits per heavy atom. The molecule has 178 valence electrons. The molecule has 0 N–H and O–H groups in total. The molecule has 0 saturated carbocycles. The van der Waals surface area contributed by atoms with Crippen molar-refractivity contribution in [2.75, 3.05) is 24.6 Å². The molecular formula is C26H32N6OS. The quantitative estimate of drug-likeness (QED) is 0.338. The van der Waals surface area contributed by atoms with Crippen LogP contribution < -0.4 is 4.90 Å². The van der Waals surface area contributed by atoms with Crippen molar-refractivity contribution in [2.45, 2.75) is 53.2 Å². The van der Waals surface area contributed by atoms with Gasteiger partial charge >= 0.3 is 0 Å². The fourth-order valence-electron chi connectivity index (χ4n) is 4.44. The Morgan fingerprint density at radius 1 is 1.12 bits per heavy atom. The third-order valence-corrected chi connectivity index (χ3v) is 7.49. The van der Waals surface area contributed by atoms with Crippen molar-refractivity contribution >= 4 is 27.4 Å². The van der Waals surface area contributed by atoms with E-state index >= 15 is 0 Å². The van der Waals surface area contributed by atoms with Crippen LogP contribution in [0, 0.1) is 12.8 Å². The molecule has 1 saturated heterocycles. The van der Waals surface area contributed by atoms with Crippen molar-refractivity contribution < 1.29 is 4.74 Å². The molecule has 1 fully saturated rings. The Bertz CT molecular complexity index is 1280. The van der Waals surface area contributed by atoms with E-state index in [2.05, 4.69) is 56.8 Å². The highest BCUT2D eigenvalue weighted by Gasteiger charge is 2.28. The number of pyridine rings is 1. The largest absolute Gasteiger partial charge is 0.378 e. The molecule has 0 aromatic carbocycles. The number of anilines is 1. The molecule has 4 aromatic heterocycles. The zero-order valence-electron chi connectivity index (χ0n) is 20.5. The number of rotatable bonds is 7. The van der Waals surface area contributed by atoms with Crippen molar-refractivity contribution in [3.8, 4) is 22.1 Å². The van der Waals surface area contributed by atoms with Gasteiger partial charge in [-0.25, -0.2) is 9.97 Å². The lowest BCUT2D eigenvalue weighted by atomic mass is 10.1. The summed E-state index contributed by atoms with van der Waals surface area (Å²) in [6.07, 6.45) is 5.20. The predicted octanol–water partition coefficient (Wildman–Crippen LogP) is 5.76. The average molecular weight is 477 g/mol. The number of hydrogen-bond acceptors (Lipinski definition) is 7. The molecule has 4 aromatic rings. The SMILES string of the molecule is Cc1c(-c2ccn(C(C)C)n2)sc2nc(-c3ccccn3)nc(N3CCC(COC(C)C)C3)c12. The van der Waals surface area contributed by atoms with Gasteiger partial charge in [0.25, 0.3) is 0 Å². The van der Waals surface area contributed by atoms with E-state index in [9.17, 15) is 0 Å². The van der Waals surface area contributed by atoms with E-state index in [4.69, 9.17) is 19.8 Å². The highest BCUT2D eigenvalue weighted by atomic mass is 32.1. The van der Waals surface area contributed by atoms with Crippen LogP contribution in [-0.4, -0.2) is 50.5 Å². The Hall–Kier alpha value is -2.84. The van der Waals surface area contributed by atoms with E-state index in [1.165, 1.54) is 5.56 Å². The maximum absolute atomic E-state index is 5.92. The van der Waals surface area contributed by atoms with Crippen LogP contribution in [0.15, 0.2) is 36.7 Å². The van der Waals surface area contributed by atoms with Crippen LogP contribution in [0.25, 0.3) is 32.3 Å². The fourth-order valence-corrected chi connectivity index (χ4v) is 5.58. The third-order valence-electron chi connectivity index (χ3n) is 6.29. The standard InChI is InChI=1S/C26H32N6OS/c1-16(2)32-13-10-20(30-32)23-18(5)22-25(31-12-9-19(14-31)15-33-17(3)4)28-24(29-26(22)34-23)21-8-6-7-11-27-21/h6-8,10-11,13,16-17,19H,9,12,14-15H2,1-5H3. The first kappa shape index (κ1) is 22.9. The summed E-state index contributed by atoms with van der Waals surface area (Å²) < 4.78 is 7.92. The van der Waals surface area contributed by atoms with Gasteiger partial charge in [-0.2, -0.15) is 5.10 Å². The van der Waals surface area contributed by atoms with Crippen LogP contribution >= 0.6 is 11.3 Å². The van der Waals surface area contributed by atoms with Gasteiger partial charge in [-0.1, -0.05) is 6.07 Å². The smallest absolute Gasteiger partial charge is 0.181 e. The predicted molar refractivity (Wildman–Crippen MR) is 138 cm³/mol. The van der Waals surface area contributed by atoms with Crippen LogP contribution in [0.3, 0.4) is 0 Å². The third kappa shape index (κ3) is 4.44. The van der Waals surface area contributed by atoms with Crippen molar-refractivity contribution in [3.05, 3.63) is 42.2 Å². The van der Waals surface area contributed by atoms with Gasteiger partial charge in [-0.15, -0.1) is 11.3 Å². The van der Waals surface area contributed by atoms with Crippen molar-refractivity contribution in [1.29, 1.82) is 0 Å². The molecule has 1 aliphatic heterocycles.